The van der Waals surface area contributed by atoms with Crippen molar-refractivity contribution in [3.8, 4) is 0 Å². The zero-order valence-corrected chi connectivity index (χ0v) is 14.0. The average molecular weight is 344 g/mol. The molecule has 3 rings (SSSR count). The number of nitrogens with zero attached hydrogens (tertiary/aromatic N) is 2. The van der Waals surface area contributed by atoms with Crippen molar-refractivity contribution < 1.29 is 18.4 Å². The second-order valence-electron chi connectivity index (χ2n) is 6.11. The highest BCUT2D eigenvalue weighted by atomic mass is 19.1. The number of amides is 2. The van der Waals surface area contributed by atoms with E-state index >= 15 is 0 Å². The van der Waals surface area contributed by atoms with E-state index < -0.39 is 17.8 Å². The summed E-state index contributed by atoms with van der Waals surface area (Å²) in [6.07, 6.45) is 0. The minimum absolute atomic E-state index is 0.203. The molecule has 0 bridgehead atoms. The van der Waals surface area contributed by atoms with Crippen LogP contribution in [0, 0.1) is 18.6 Å². The van der Waals surface area contributed by atoms with Crippen molar-refractivity contribution in [2.45, 2.75) is 19.9 Å². The molecular weight excluding hydrogens is 326 g/mol. The van der Waals surface area contributed by atoms with Gasteiger partial charge in [-0.1, -0.05) is 12.1 Å². The van der Waals surface area contributed by atoms with Crippen LogP contribution in [-0.2, 0) is 4.79 Å². The quantitative estimate of drug-likeness (QED) is 0.840. The van der Waals surface area contributed by atoms with Crippen molar-refractivity contribution in [1.29, 1.82) is 0 Å². The van der Waals surface area contributed by atoms with Crippen LogP contribution < -0.4 is 4.90 Å². The predicted molar refractivity (Wildman–Crippen MR) is 90.4 cm³/mol. The monoisotopic (exact) mass is 344 g/mol. The van der Waals surface area contributed by atoms with E-state index in [1.54, 1.807) is 26.0 Å². The number of hydrogen-bond donors (Lipinski definition) is 0. The van der Waals surface area contributed by atoms with E-state index in [1.165, 1.54) is 34.1 Å². The molecule has 0 aromatic heterocycles. The maximum atomic E-state index is 13.8. The lowest BCUT2D eigenvalue weighted by atomic mass is 10.1. The Morgan fingerprint density at radius 1 is 1.12 bits per heavy atom. The summed E-state index contributed by atoms with van der Waals surface area (Å²) >= 11 is 0. The van der Waals surface area contributed by atoms with Crippen LogP contribution in [0.5, 0.6) is 0 Å². The van der Waals surface area contributed by atoms with Gasteiger partial charge in [-0.25, -0.2) is 8.78 Å². The van der Waals surface area contributed by atoms with Crippen molar-refractivity contribution in [2.75, 3.05) is 18.0 Å². The van der Waals surface area contributed by atoms with Crippen LogP contribution in [0.15, 0.2) is 42.5 Å². The Bertz CT molecular complexity index is 838. The first-order valence-electron chi connectivity index (χ1n) is 8.02. The van der Waals surface area contributed by atoms with Crippen LogP contribution in [0.1, 0.15) is 22.8 Å². The Labute approximate surface area is 144 Å². The van der Waals surface area contributed by atoms with Crippen molar-refractivity contribution in [3.05, 3.63) is 65.2 Å². The maximum absolute atomic E-state index is 13.8. The summed E-state index contributed by atoms with van der Waals surface area (Å²) in [5.41, 5.74) is 1.18. The molecule has 4 nitrogen and oxygen atoms in total. The number of anilines is 1. The Kier molecular flexibility index (Phi) is 4.53. The van der Waals surface area contributed by atoms with Crippen LogP contribution in [-0.4, -0.2) is 35.8 Å². The van der Waals surface area contributed by atoms with E-state index in [-0.39, 0.29) is 30.4 Å². The molecule has 0 N–H and O–H groups in total. The normalized spacial score (nSPS) is 17.8. The zero-order chi connectivity index (χ0) is 18.1. The van der Waals surface area contributed by atoms with E-state index in [9.17, 15) is 18.4 Å². The fraction of sp³-hybridized carbons (Fsp3) is 0.263. The Morgan fingerprint density at radius 3 is 2.56 bits per heavy atom. The third kappa shape index (κ3) is 3.24. The molecule has 2 aromatic rings. The lowest BCUT2D eigenvalue weighted by Crippen LogP contribution is -2.57. The topological polar surface area (TPSA) is 40.6 Å². The van der Waals surface area contributed by atoms with E-state index in [1.807, 2.05) is 0 Å². The second-order valence-corrected chi connectivity index (χ2v) is 6.11. The molecule has 2 aromatic carbocycles. The largest absolute Gasteiger partial charge is 0.325 e. The third-order valence-electron chi connectivity index (χ3n) is 4.45. The maximum Gasteiger partial charge on any atom is 0.254 e. The second kappa shape index (κ2) is 6.63. The summed E-state index contributed by atoms with van der Waals surface area (Å²) in [7, 11) is 0. The van der Waals surface area contributed by atoms with Gasteiger partial charge in [-0.05, 0) is 49.7 Å². The lowest BCUT2D eigenvalue weighted by molar-refractivity contribution is -0.124. The number of carbonyl (C=O) groups is 2. The number of rotatable bonds is 2. The molecule has 1 atom stereocenters. The first-order valence-corrected chi connectivity index (χ1v) is 8.02. The number of aryl methyl sites for hydroxylation is 1. The van der Waals surface area contributed by atoms with Gasteiger partial charge in [0.15, 0.2) is 0 Å². The molecule has 0 radical (unpaired) electrons. The molecule has 0 saturated carbocycles. The number of halogens is 2. The molecule has 1 aliphatic heterocycles. The average Bonchev–Trinajstić information content (AvgIpc) is 2.59. The lowest BCUT2D eigenvalue weighted by Gasteiger charge is -2.39. The fourth-order valence-electron chi connectivity index (χ4n) is 2.94. The molecule has 1 heterocycles. The standard InChI is InChI=1S/C19H18F2N2O2/c1-12-6-7-16(11-17(12)21)23-9-8-22(13(2)18(23)24)19(25)14-4-3-5-15(20)10-14/h3-7,10-11,13H,8-9H2,1-2H3/t13-/m1/s1. The first kappa shape index (κ1) is 17.1. The molecule has 2 amide bonds. The van der Waals surface area contributed by atoms with Crippen LogP contribution in [0.3, 0.4) is 0 Å². The SMILES string of the molecule is Cc1ccc(N2CCN(C(=O)c3cccc(F)c3)[C@H](C)C2=O)cc1F. The van der Waals surface area contributed by atoms with Gasteiger partial charge < -0.3 is 9.80 Å². The van der Waals surface area contributed by atoms with Crippen LogP contribution in [0.2, 0.25) is 0 Å². The number of benzene rings is 2. The first-order chi connectivity index (χ1) is 11.9. The van der Waals surface area contributed by atoms with E-state index in [2.05, 4.69) is 0 Å². The van der Waals surface area contributed by atoms with Crippen LogP contribution in [0.4, 0.5) is 14.5 Å². The molecule has 1 saturated heterocycles. The molecule has 0 spiro atoms. The summed E-state index contributed by atoms with van der Waals surface area (Å²) in [4.78, 5) is 28.1. The minimum Gasteiger partial charge on any atom is -0.325 e. The number of hydrogen-bond acceptors (Lipinski definition) is 2. The molecule has 0 unspecified atom stereocenters. The van der Waals surface area contributed by atoms with Gasteiger partial charge in [-0.2, -0.15) is 0 Å². The summed E-state index contributed by atoms with van der Waals surface area (Å²) in [6.45, 7) is 3.82. The highest BCUT2D eigenvalue weighted by molar-refractivity contribution is 6.03. The van der Waals surface area contributed by atoms with Gasteiger partial charge in [0.05, 0.1) is 0 Å². The zero-order valence-electron chi connectivity index (χ0n) is 14.0. The minimum atomic E-state index is -0.714. The molecule has 1 aliphatic rings. The van der Waals surface area contributed by atoms with Gasteiger partial charge in [0, 0.05) is 24.3 Å². The van der Waals surface area contributed by atoms with Gasteiger partial charge in [-0.15, -0.1) is 0 Å². The highest BCUT2D eigenvalue weighted by Crippen LogP contribution is 2.24. The van der Waals surface area contributed by atoms with Crippen LogP contribution in [0.25, 0.3) is 0 Å². The van der Waals surface area contributed by atoms with Crippen molar-refractivity contribution >= 4 is 17.5 Å². The van der Waals surface area contributed by atoms with Crippen molar-refractivity contribution in [2.24, 2.45) is 0 Å². The van der Waals surface area contributed by atoms with Gasteiger partial charge in [-0.3, -0.25) is 9.59 Å². The van der Waals surface area contributed by atoms with Gasteiger partial charge in [0.2, 0.25) is 5.91 Å². The highest BCUT2D eigenvalue weighted by Gasteiger charge is 2.35. The van der Waals surface area contributed by atoms with E-state index in [0.29, 0.717) is 11.3 Å². The number of piperazine rings is 1. The molecule has 6 heteroatoms. The molecule has 130 valence electrons. The van der Waals surface area contributed by atoms with E-state index in [4.69, 9.17) is 0 Å². The fourth-order valence-corrected chi connectivity index (χ4v) is 2.94. The smallest absolute Gasteiger partial charge is 0.254 e. The number of carbonyl (C=O) groups excluding carboxylic acids is 2. The summed E-state index contributed by atoms with van der Waals surface area (Å²) in [5.74, 6) is -1.57. The Morgan fingerprint density at radius 2 is 1.88 bits per heavy atom. The summed E-state index contributed by atoms with van der Waals surface area (Å²) in [6, 6.07) is 9.31. The third-order valence-corrected chi connectivity index (χ3v) is 4.45. The van der Waals surface area contributed by atoms with Crippen molar-refractivity contribution in [1.82, 2.24) is 4.90 Å². The Hall–Kier alpha value is -2.76. The molecule has 1 fully saturated rings. The predicted octanol–water partition coefficient (Wildman–Crippen LogP) is 3.15. The van der Waals surface area contributed by atoms with Gasteiger partial charge >= 0.3 is 0 Å². The molecular formula is C19H18F2N2O2. The summed E-state index contributed by atoms with van der Waals surface area (Å²) < 4.78 is 27.1. The van der Waals surface area contributed by atoms with E-state index in [0.717, 1.165) is 6.07 Å². The Balaban J connectivity index is 1.81. The van der Waals surface area contributed by atoms with Gasteiger partial charge in [0.1, 0.15) is 17.7 Å². The van der Waals surface area contributed by atoms with Gasteiger partial charge in [0.25, 0.3) is 5.91 Å². The van der Waals surface area contributed by atoms with Crippen molar-refractivity contribution in [3.63, 3.8) is 0 Å². The molecule has 25 heavy (non-hydrogen) atoms. The van der Waals surface area contributed by atoms with Crippen LogP contribution >= 0.6 is 0 Å². The summed E-state index contributed by atoms with van der Waals surface area (Å²) in [5, 5.41) is 0. The molecule has 0 aliphatic carbocycles.